The average molecular weight is 442 g/mol. The maximum Gasteiger partial charge on any atom is 0.326 e. The first kappa shape index (κ1) is 19.6. The number of rotatable bonds is 4. The largest absolute Gasteiger partial charge is 0.326 e. The summed E-state index contributed by atoms with van der Waals surface area (Å²) in [7, 11) is 0. The highest BCUT2D eigenvalue weighted by Crippen LogP contribution is 2.51. The molecule has 154 valence electrons. The molecule has 3 aliphatic heterocycles. The average Bonchev–Trinajstić information content (AvgIpc) is 3.56. The fraction of sp³-hybridized carbons (Fsp3) is 0.273. The van der Waals surface area contributed by atoms with Crippen LogP contribution in [0.25, 0.3) is 0 Å². The van der Waals surface area contributed by atoms with Gasteiger partial charge in [0.2, 0.25) is 0 Å². The van der Waals surface area contributed by atoms with Gasteiger partial charge in [-0.1, -0.05) is 48.0 Å². The second-order valence-corrected chi connectivity index (χ2v) is 9.29. The molecule has 2 bridgehead atoms. The molecule has 30 heavy (non-hydrogen) atoms. The first-order valence-electron chi connectivity index (χ1n) is 9.84. The summed E-state index contributed by atoms with van der Waals surface area (Å²) in [5.74, 6) is -0.00429. The van der Waals surface area contributed by atoms with Crippen LogP contribution < -0.4 is 10.6 Å². The quantitative estimate of drug-likeness (QED) is 0.518. The highest BCUT2D eigenvalue weighted by molar-refractivity contribution is 8.00. The van der Waals surface area contributed by atoms with Crippen molar-refractivity contribution in [2.75, 3.05) is 5.32 Å². The van der Waals surface area contributed by atoms with E-state index in [2.05, 4.69) is 27.8 Å². The normalized spacial score (nSPS) is 28.8. The van der Waals surface area contributed by atoms with Crippen molar-refractivity contribution in [3.8, 4) is 0 Å². The summed E-state index contributed by atoms with van der Waals surface area (Å²) in [5.41, 5.74) is 1.88. The Labute approximate surface area is 183 Å². The number of thioether (sulfide) groups is 1. The minimum absolute atomic E-state index is 0.0417. The number of halogens is 1. The number of benzene rings is 2. The third kappa shape index (κ3) is 3.98. The molecule has 4 aliphatic rings. The first-order valence-corrected chi connectivity index (χ1v) is 11.2. The number of fused-ring (bicyclic) bond motifs is 2. The SMILES string of the molecule is O=C(NC(=O)c1ccccc1Cl)Nc1ccc(C2ON2C2SC3C=CC2CC3)cc1. The fourth-order valence-electron chi connectivity index (χ4n) is 3.89. The number of nitrogens with one attached hydrogen (secondary N) is 2. The molecule has 6 rings (SSSR count). The number of urea groups is 1. The fourth-order valence-corrected chi connectivity index (χ4v) is 5.64. The van der Waals surface area contributed by atoms with Crippen LogP contribution in [0.2, 0.25) is 5.02 Å². The molecule has 1 aliphatic carbocycles. The molecule has 0 radical (unpaired) electrons. The van der Waals surface area contributed by atoms with Crippen molar-refractivity contribution in [1.29, 1.82) is 0 Å². The van der Waals surface area contributed by atoms with Gasteiger partial charge >= 0.3 is 6.03 Å². The lowest BCUT2D eigenvalue weighted by Crippen LogP contribution is -2.34. The lowest BCUT2D eigenvalue weighted by Gasteiger charge is -2.36. The first-order chi connectivity index (χ1) is 14.6. The monoisotopic (exact) mass is 441 g/mol. The van der Waals surface area contributed by atoms with Crippen molar-refractivity contribution < 1.29 is 14.4 Å². The van der Waals surface area contributed by atoms with E-state index in [0.717, 1.165) is 5.56 Å². The summed E-state index contributed by atoms with van der Waals surface area (Å²) >= 11 is 7.96. The van der Waals surface area contributed by atoms with Crippen molar-refractivity contribution in [2.45, 2.75) is 29.7 Å². The van der Waals surface area contributed by atoms with Crippen LogP contribution in [0.15, 0.2) is 60.7 Å². The van der Waals surface area contributed by atoms with Crippen LogP contribution in [0, 0.1) is 5.92 Å². The summed E-state index contributed by atoms with van der Waals surface area (Å²) < 4.78 is 0. The third-order valence-corrected chi connectivity index (χ3v) is 7.40. The molecule has 8 heteroatoms. The van der Waals surface area contributed by atoms with Gasteiger partial charge in [0.05, 0.1) is 16.0 Å². The van der Waals surface area contributed by atoms with Gasteiger partial charge in [0, 0.05) is 16.9 Å². The molecular formula is C22H20ClN3O3S. The number of hydrogen-bond acceptors (Lipinski definition) is 5. The van der Waals surface area contributed by atoms with Gasteiger partial charge in [-0.15, -0.1) is 16.8 Å². The van der Waals surface area contributed by atoms with Gasteiger partial charge in [-0.05, 0) is 42.7 Å². The molecule has 5 atom stereocenters. The number of anilines is 1. The van der Waals surface area contributed by atoms with Gasteiger partial charge in [-0.2, -0.15) is 0 Å². The predicted octanol–water partition coefficient (Wildman–Crippen LogP) is 4.96. The Kier molecular flexibility index (Phi) is 5.28. The Morgan fingerprint density at radius 1 is 1.07 bits per heavy atom. The van der Waals surface area contributed by atoms with E-state index in [1.807, 2.05) is 23.9 Å². The van der Waals surface area contributed by atoms with E-state index in [4.69, 9.17) is 16.4 Å². The minimum atomic E-state index is -0.613. The summed E-state index contributed by atoms with van der Waals surface area (Å²) in [6.45, 7) is 0. The van der Waals surface area contributed by atoms with Crippen LogP contribution in [0.5, 0.6) is 0 Å². The number of carbonyl (C=O) groups is 2. The number of hydroxylamine groups is 2. The zero-order valence-corrected chi connectivity index (χ0v) is 17.5. The molecule has 2 N–H and O–H groups in total. The number of carbonyl (C=O) groups excluding carboxylic acids is 2. The molecule has 0 aromatic heterocycles. The second-order valence-electron chi connectivity index (χ2n) is 7.52. The topological polar surface area (TPSA) is 73.7 Å². The smallest absolute Gasteiger partial charge is 0.308 e. The van der Waals surface area contributed by atoms with Crippen molar-refractivity contribution in [3.05, 3.63) is 76.8 Å². The van der Waals surface area contributed by atoms with Crippen molar-refractivity contribution in [2.24, 2.45) is 5.92 Å². The van der Waals surface area contributed by atoms with Gasteiger partial charge in [-0.25, -0.2) is 4.79 Å². The number of nitrogens with zero attached hydrogens (tertiary/aromatic N) is 1. The van der Waals surface area contributed by atoms with Gasteiger partial charge in [0.1, 0.15) is 0 Å². The molecule has 0 saturated carbocycles. The summed E-state index contributed by atoms with van der Waals surface area (Å²) in [4.78, 5) is 30.2. The zero-order chi connectivity index (χ0) is 20.7. The predicted molar refractivity (Wildman–Crippen MR) is 117 cm³/mol. The van der Waals surface area contributed by atoms with Crippen LogP contribution in [-0.4, -0.2) is 27.6 Å². The van der Waals surface area contributed by atoms with E-state index in [1.165, 1.54) is 12.8 Å². The van der Waals surface area contributed by atoms with E-state index in [9.17, 15) is 9.59 Å². The Morgan fingerprint density at radius 3 is 2.53 bits per heavy atom. The van der Waals surface area contributed by atoms with E-state index in [-0.39, 0.29) is 11.8 Å². The van der Waals surface area contributed by atoms with Gasteiger partial charge in [0.25, 0.3) is 5.91 Å². The van der Waals surface area contributed by atoms with Crippen molar-refractivity contribution in [1.82, 2.24) is 10.4 Å². The van der Waals surface area contributed by atoms with Crippen molar-refractivity contribution in [3.63, 3.8) is 0 Å². The molecule has 2 aromatic rings. The van der Waals surface area contributed by atoms with E-state index in [1.54, 1.807) is 36.4 Å². The molecule has 0 spiro atoms. The lowest BCUT2D eigenvalue weighted by atomic mass is 9.94. The van der Waals surface area contributed by atoms with Crippen LogP contribution in [0.4, 0.5) is 10.5 Å². The molecule has 2 aromatic carbocycles. The van der Waals surface area contributed by atoms with Crippen LogP contribution in [0.3, 0.4) is 0 Å². The third-order valence-electron chi connectivity index (χ3n) is 5.50. The molecule has 2 fully saturated rings. The standard InChI is InChI=1S/C22H20ClN3O3S/c23-18-4-2-1-3-17(18)19(27)25-22(28)24-15-9-5-13(6-10-15)20-26(29-20)21-14-7-11-16(30-21)12-8-14/h1-7,9-11,14,16,20-21H,8,12H2,(H2,24,25,27,28). The molecule has 3 heterocycles. The number of amides is 3. The lowest BCUT2D eigenvalue weighted by molar-refractivity contribution is 0.0967. The minimum Gasteiger partial charge on any atom is -0.308 e. The molecular weight excluding hydrogens is 422 g/mol. The summed E-state index contributed by atoms with van der Waals surface area (Å²) in [6, 6.07) is 13.4. The second kappa shape index (κ2) is 8.07. The summed E-state index contributed by atoms with van der Waals surface area (Å²) in [5, 5.41) is 8.29. The Balaban J connectivity index is 1.16. The Bertz CT molecular complexity index is 1010. The molecule has 5 unspecified atom stereocenters. The van der Waals surface area contributed by atoms with Gasteiger partial charge in [0.15, 0.2) is 6.23 Å². The number of imide groups is 1. The van der Waals surface area contributed by atoms with E-state index >= 15 is 0 Å². The molecule has 6 nitrogen and oxygen atoms in total. The maximum absolute atomic E-state index is 12.2. The summed E-state index contributed by atoms with van der Waals surface area (Å²) in [6.07, 6.45) is 7.07. The number of hydrogen-bond donors (Lipinski definition) is 2. The maximum atomic E-state index is 12.2. The highest BCUT2D eigenvalue weighted by atomic mass is 35.5. The van der Waals surface area contributed by atoms with Gasteiger partial charge < -0.3 is 5.32 Å². The molecule has 3 amide bonds. The van der Waals surface area contributed by atoms with Crippen LogP contribution in [-0.2, 0) is 4.84 Å². The Hall–Kier alpha value is -2.32. The van der Waals surface area contributed by atoms with Crippen LogP contribution in [0.1, 0.15) is 35.0 Å². The highest BCUT2D eigenvalue weighted by Gasteiger charge is 2.49. The van der Waals surface area contributed by atoms with Gasteiger partial charge in [-0.3, -0.25) is 14.9 Å². The molecule has 2 saturated heterocycles. The Morgan fingerprint density at radius 2 is 1.87 bits per heavy atom. The van der Waals surface area contributed by atoms with E-state index in [0.29, 0.717) is 27.3 Å². The van der Waals surface area contributed by atoms with Crippen LogP contribution >= 0.6 is 23.4 Å². The zero-order valence-electron chi connectivity index (χ0n) is 16.0. The van der Waals surface area contributed by atoms with Crippen molar-refractivity contribution >= 4 is 41.0 Å². The van der Waals surface area contributed by atoms with E-state index < -0.39 is 11.9 Å².